The molecule has 0 aliphatic carbocycles. The first kappa shape index (κ1) is 12.9. The summed E-state index contributed by atoms with van der Waals surface area (Å²) in [5.74, 6) is -2.93. The van der Waals surface area contributed by atoms with Gasteiger partial charge in [0.15, 0.2) is 0 Å². The molecule has 5 heteroatoms. The maximum Gasteiger partial charge on any atom is 0.307 e. The normalized spacial score (nSPS) is 12.4. The third-order valence-corrected chi connectivity index (χ3v) is 1.82. The van der Waals surface area contributed by atoms with Gasteiger partial charge in [-0.1, -0.05) is 0 Å². The molecule has 0 aromatic heterocycles. The van der Waals surface area contributed by atoms with E-state index in [0.29, 0.717) is 26.1 Å². The van der Waals surface area contributed by atoms with Crippen molar-refractivity contribution in [2.45, 2.75) is 26.2 Å². The highest BCUT2D eigenvalue weighted by Crippen LogP contribution is 2.11. The van der Waals surface area contributed by atoms with Gasteiger partial charge in [-0.3, -0.25) is 9.59 Å². The second kappa shape index (κ2) is 7.32. The zero-order valence-electron chi connectivity index (χ0n) is 8.23. The van der Waals surface area contributed by atoms with Crippen LogP contribution in [0.1, 0.15) is 26.2 Å². The minimum atomic E-state index is -1.08. The van der Waals surface area contributed by atoms with Crippen LogP contribution in [0, 0.1) is 5.92 Å². The first-order valence-electron chi connectivity index (χ1n) is 4.60. The summed E-state index contributed by atoms with van der Waals surface area (Å²) in [7, 11) is 0. The molecule has 0 bridgehead atoms. The van der Waals surface area contributed by atoms with Crippen LogP contribution in [0.25, 0.3) is 0 Å². The number of hydrogen-bond acceptors (Lipinski definition) is 3. The molecule has 0 saturated carbocycles. The minimum Gasteiger partial charge on any atom is -0.481 e. The fourth-order valence-electron chi connectivity index (χ4n) is 1.10. The maximum atomic E-state index is 10.6. The quantitative estimate of drug-likeness (QED) is 0.576. The number of aliphatic carboxylic acids is 2. The van der Waals surface area contributed by atoms with E-state index in [1.165, 1.54) is 0 Å². The van der Waals surface area contributed by atoms with Gasteiger partial charge in [-0.15, -0.1) is 0 Å². The molecule has 0 aliphatic rings. The lowest BCUT2D eigenvalue weighted by atomic mass is 10.00. The Morgan fingerprint density at radius 1 is 1.36 bits per heavy atom. The van der Waals surface area contributed by atoms with Crippen molar-refractivity contribution in [1.82, 2.24) is 0 Å². The molecule has 0 radical (unpaired) electrons. The second-order valence-corrected chi connectivity index (χ2v) is 2.97. The van der Waals surface area contributed by atoms with Crippen molar-refractivity contribution in [1.29, 1.82) is 0 Å². The zero-order chi connectivity index (χ0) is 11.0. The minimum absolute atomic E-state index is 0.318. The lowest BCUT2D eigenvalue weighted by Crippen LogP contribution is -2.18. The molecule has 1 unspecified atom stereocenters. The smallest absolute Gasteiger partial charge is 0.307 e. The molecular formula is C9H16O5. The Labute approximate surface area is 82.7 Å². The Kier molecular flexibility index (Phi) is 6.74. The number of hydrogen-bond donors (Lipinski definition) is 2. The summed E-state index contributed by atoms with van der Waals surface area (Å²) in [6.45, 7) is 2.93. The monoisotopic (exact) mass is 204 g/mol. The predicted molar refractivity (Wildman–Crippen MR) is 49.1 cm³/mol. The molecule has 0 spiro atoms. The van der Waals surface area contributed by atoms with E-state index in [0.717, 1.165) is 0 Å². The molecule has 0 amide bonds. The third kappa shape index (κ3) is 6.42. The molecule has 0 aromatic carbocycles. The molecule has 0 heterocycles. The van der Waals surface area contributed by atoms with E-state index in [1.807, 2.05) is 6.92 Å². The van der Waals surface area contributed by atoms with Crippen LogP contribution < -0.4 is 0 Å². The topological polar surface area (TPSA) is 83.8 Å². The molecule has 0 fully saturated rings. The van der Waals surface area contributed by atoms with Gasteiger partial charge in [0.05, 0.1) is 12.3 Å². The first-order chi connectivity index (χ1) is 6.57. The Hall–Kier alpha value is -1.10. The standard InChI is InChI=1S/C9H16O5/c1-2-14-5-3-4-7(9(12)13)6-8(10)11/h7H,2-6H2,1H3,(H,10,11)(H,12,13). The van der Waals surface area contributed by atoms with Gasteiger partial charge < -0.3 is 14.9 Å². The van der Waals surface area contributed by atoms with Crippen LogP contribution in [0.3, 0.4) is 0 Å². The molecule has 0 aliphatic heterocycles. The summed E-state index contributed by atoms with van der Waals surface area (Å²) in [6, 6.07) is 0. The molecule has 5 nitrogen and oxygen atoms in total. The zero-order valence-corrected chi connectivity index (χ0v) is 8.23. The van der Waals surface area contributed by atoms with Gasteiger partial charge in [-0.25, -0.2) is 0 Å². The fourth-order valence-corrected chi connectivity index (χ4v) is 1.10. The van der Waals surface area contributed by atoms with E-state index in [-0.39, 0.29) is 6.42 Å². The summed E-state index contributed by atoms with van der Waals surface area (Å²) >= 11 is 0. The number of carboxylic acid groups (broad SMARTS) is 2. The molecule has 0 rings (SSSR count). The van der Waals surface area contributed by atoms with Crippen molar-refractivity contribution >= 4 is 11.9 Å². The molecule has 0 saturated heterocycles. The van der Waals surface area contributed by atoms with Crippen LogP contribution in [0.4, 0.5) is 0 Å². The number of rotatable bonds is 8. The van der Waals surface area contributed by atoms with Crippen molar-refractivity contribution in [3.63, 3.8) is 0 Å². The molecule has 0 aromatic rings. The van der Waals surface area contributed by atoms with E-state index in [4.69, 9.17) is 14.9 Å². The molecule has 1 atom stereocenters. The Morgan fingerprint density at radius 3 is 2.43 bits per heavy atom. The third-order valence-electron chi connectivity index (χ3n) is 1.82. The van der Waals surface area contributed by atoms with Crippen LogP contribution >= 0.6 is 0 Å². The fraction of sp³-hybridized carbons (Fsp3) is 0.778. The average Bonchev–Trinajstić information content (AvgIpc) is 2.09. The van der Waals surface area contributed by atoms with Gasteiger partial charge in [0.1, 0.15) is 0 Å². The van der Waals surface area contributed by atoms with Crippen molar-refractivity contribution < 1.29 is 24.5 Å². The van der Waals surface area contributed by atoms with Crippen LogP contribution in [0.5, 0.6) is 0 Å². The van der Waals surface area contributed by atoms with Crippen LogP contribution in [-0.4, -0.2) is 35.4 Å². The molecule has 82 valence electrons. The van der Waals surface area contributed by atoms with E-state index < -0.39 is 17.9 Å². The first-order valence-corrected chi connectivity index (χ1v) is 4.60. The van der Waals surface area contributed by atoms with E-state index in [1.54, 1.807) is 0 Å². The lowest BCUT2D eigenvalue weighted by molar-refractivity contribution is -0.148. The average molecular weight is 204 g/mol. The summed E-state index contributed by atoms with van der Waals surface area (Å²) in [5, 5.41) is 17.1. The van der Waals surface area contributed by atoms with Crippen molar-refractivity contribution in [3.05, 3.63) is 0 Å². The Bertz CT molecular complexity index is 190. The van der Waals surface area contributed by atoms with Crippen LogP contribution in [0.15, 0.2) is 0 Å². The largest absolute Gasteiger partial charge is 0.481 e. The highest BCUT2D eigenvalue weighted by Gasteiger charge is 2.20. The van der Waals surface area contributed by atoms with Crippen molar-refractivity contribution in [2.24, 2.45) is 5.92 Å². The van der Waals surface area contributed by atoms with Crippen LogP contribution in [0.2, 0.25) is 0 Å². The van der Waals surface area contributed by atoms with Gasteiger partial charge in [-0.05, 0) is 19.8 Å². The number of carboxylic acids is 2. The second-order valence-electron chi connectivity index (χ2n) is 2.97. The van der Waals surface area contributed by atoms with Gasteiger partial charge in [-0.2, -0.15) is 0 Å². The van der Waals surface area contributed by atoms with Gasteiger partial charge >= 0.3 is 11.9 Å². The summed E-state index contributed by atoms with van der Waals surface area (Å²) in [4.78, 5) is 20.9. The van der Waals surface area contributed by atoms with Gasteiger partial charge in [0.25, 0.3) is 0 Å². The Balaban J connectivity index is 3.74. The van der Waals surface area contributed by atoms with Crippen LogP contribution in [-0.2, 0) is 14.3 Å². The van der Waals surface area contributed by atoms with Gasteiger partial charge in [0.2, 0.25) is 0 Å². The Morgan fingerprint density at radius 2 is 2.00 bits per heavy atom. The molecule has 14 heavy (non-hydrogen) atoms. The van der Waals surface area contributed by atoms with Crippen molar-refractivity contribution in [3.8, 4) is 0 Å². The van der Waals surface area contributed by atoms with Crippen molar-refractivity contribution in [2.75, 3.05) is 13.2 Å². The molecule has 2 N–H and O–H groups in total. The molecular weight excluding hydrogens is 188 g/mol. The highest BCUT2D eigenvalue weighted by molar-refractivity contribution is 5.77. The summed E-state index contributed by atoms with van der Waals surface area (Å²) in [5.41, 5.74) is 0. The van der Waals surface area contributed by atoms with E-state index in [2.05, 4.69) is 0 Å². The SMILES string of the molecule is CCOCCCC(CC(=O)O)C(=O)O. The maximum absolute atomic E-state index is 10.6. The number of carbonyl (C=O) groups is 2. The van der Waals surface area contributed by atoms with Gasteiger partial charge in [0, 0.05) is 13.2 Å². The predicted octanol–water partition coefficient (Wildman–Crippen LogP) is 0.979. The van der Waals surface area contributed by atoms with E-state index in [9.17, 15) is 9.59 Å². The van der Waals surface area contributed by atoms with E-state index >= 15 is 0 Å². The summed E-state index contributed by atoms with van der Waals surface area (Å²) in [6.07, 6.45) is 0.612. The highest BCUT2D eigenvalue weighted by atomic mass is 16.5. The number of ether oxygens (including phenoxy) is 1. The summed E-state index contributed by atoms with van der Waals surface area (Å²) < 4.78 is 5.03. The lowest BCUT2D eigenvalue weighted by Gasteiger charge is -2.08.